The first-order valence-corrected chi connectivity index (χ1v) is 8.88. The van der Waals surface area contributed by atoms with Crippen LogP contribution >= 0.6 is 0 Å². The molecule has 2 N–H and O–H groups in total. The lowest BCUT2D eigenvalue weighted by Gasteiger charge is -2.35. The summed E-state index contributed by atoms with van der Waals surface area (Å²) in [5.41, 5.74) is 6.40. The van der Waals surface area contributed by atoms with Crippen LogP contribution < -0.4 is 5.73 Å². The highest BCUT2D eigenvalue weighted by Gasteiger charge is 2.27. The van der Waals surface area contributed by atoms with Crippen molar-refractivity contribution in [3.8, 4) is 0 Å². The predicted octanol–water partition coefficient (Wildman–Crippen LogP) is 4.33. The van der Waals surface area contributed by atoms with E-state index in [1.54, 1.807) is 0 Å². The molecule has 0 radical (unpaired) electrons. The van der Waals surface area contributed by atoms with Crippen LogP contribution in [0.5, 0.6) is 0 Å². The molecule has 4 atom stereocenters. The van der Waals surface area contributed by atoms with E-state index >= 15 is 0 Å². The highest BCUT2D eigenvalue weighted by molar-refractivity contribution is 4.84. The Hall–Kier alpha value is -0.840. The first-order chi connectivity index (χ1) is 10.3. The van der Waals surface area contributed by atoms with Crippen LogP contribution in [0.15, 0.2) is 0 Å². The lowest BCUT2D eigenvalue weighted by molar-refractivity contribution is -0.759. The molecule has 0 spiro atoms. The molecule has 0 aromatic heterocycles. The first kappa shape index (κ1) is 19.2. The van der Waals surface area contributed by atoms with E-state index in [2.05, 4.69) is 18.7 Å². The second-order valence-corrected chi connectivity index (χ2v) is 7.68. The van der Waals surface area contributed by atoms with Crippen LogP contribution in [-0.4, -0.2) is 17.2 Å². The summed E-state index contributed by atoms with van der Waals surface area (Å²) in [5, 5.41) is 9.46. The summed E-state index contributed by atoms with van der Waals surface area (Å²) < 4.78 is 0. The zero-order valence-electron chi connectivity index (χ0n) is 14.6. The summed E-state index contributed by atoms with van der Waals surface area (Å²) in [6.07, 6.45) is 10.8. The molecule has 0 aromatic rings. The molecule has 4 unspecified atom stereocenters. The zero-order valence-corrected chi connectivity index (χ0v) is 14.6. The highest BCUT2D eigenvalue weighted by Crippen LogP contribution is 2.36. The maximum atomic E-state index is 10.2. The minimum Gasteiger partial charge on any atom is -0.325 e. The van der Waals surface area contributed by atoms with E-state index in [0.717, 1.165) is 37.5 Å². The Kier molecular flexibility index (Phi) is 8.15. The van der Waals surface area contributed by atoms with Crippen LogP contribution in [0, 0.1) is 27.9 Å². The first-order valence-electron chi connectivity index (χ1n) is 8.88. The Bertz CT molecular complexity index is 334. The Labute approximate surface area is 135 Å². The molecule has 1 aliphatic rings. The van der Waals surface area contributed by atoms with E-state index in [1.165, 1.54) is 32.1 Å². The molecule has 0 bridgehead atoms. The number of hydrogen-bond donors (Lipinski definition) is 1. The normalized spacial score (nSPS) is 26.2. The zero-order chi connectivity index (χ0) is 16.6. The van der Waals surface area contributed by atoms with E-state index < -0.39 is 5.09 Å². The fourth-order valence-electron chi connectivity index (χ4n) is 3.85. The van der Waals surface area contributed by atoms with E-state index in [0.29, 0.717) is 0 Å². The Morgan fingerprint density at radius 2 is 2.09 bits per heavy atom. The molecule has 5 heteroatoms. The van der Waals surface area contributed by atoms with Crippen molar-refractivity contribution in [2.24, 2.45) is 23.5 Å². The average molecular weight is 314 g/mol. The van der Waals surface area contributed by atoms with Gasteiger partial charge in [0.05, 0.1) is 6.61 Å². The van der Waals surface area contributed by atoms with Gasteiger partial charge in [0.15, 0.2) is 0 Å². The van der Waals surface area contributed by atoms with Crippen molar-refractivity contribution < 1.29 is 9.92 Å². The van der Waals surface area contributed by atoms with Gasteiger partial charge in [-0.15, -0.1) is 10.1 Å². The quantitative estimate of drug-likeness (QED) is 0.481. The third-order valence-corrected chi connectivity index (χ3v) is 5.13. The van der Waals surface area contributed by atoms with Gasteiger partial charge in [0, 0.05) is 5.54 Å². The van der Waals surface area contributed by atoms with Gasteiger partial charge in [-0.3, -0.25) is 0 Å². The Morgan fingerprint density at radius 1 is 1.41 bits per heavy atom. The SMILES string of the molecule is CCC1CCCC(CC(C)(N)CCCC(C)CO[N+](=O)[O-])C1. The van der Waals surface area contributed by atoms with Crippen molar-refractivity contribution in [3.63, 3.8) is 0 Å². The van der Waals surface area contributed by atoms with Gasteiger partial charge in [-0.1, -0.05) is 46.0 Å². The monoisotopic (exact) mass is 314 g/mol. The molecule has 5 nitrogen and oxygen atoms in total. The van der Waals surface area contributed by atoms with Crippen molar-refractivity contribution >= 4 is 0 Å². The highest BCUT2D eigenvalue weighted by atomic mass is 16.9. The van der Waals surface area contributed by atoms with Gasteiger partial charge in [-0.25, -0.2) is 0 Å². The lowest BCUT2D eigenvalue weighted by atomic mass is 9.74. The van der Waals surface area contributed by atoms with Gasteiger partial charge < -0.3 is 10.6 Å². The summed E-state index contributed by atoms with van der Waals surface area (Å²) >= 11 is 0. The Balaban J connectivity index is 2.24. The topological polar surface area (TPSA) is 78.4 Å². The van der Waals surface area contributed by atoms with Crippen molar-refractivity contribution in [2.45, 2.75) is 84.1 Å². The number of rotatable bonds is 10. The number of nitrogens with zero attached hydrogens (tertiary/aromatic N) is 1. The van der Waals surface area contributed by atoms with Crippen molar-refractivity contribution in [1.29, 1.82) is 0 Å². The molecule has 1 saturated carbocycles. The van der Waals surface area contributed by atoms with E-state index in [9.17, 15) is 10.1 Å². The van der Waals surface area contributed by atoms with Crippen LogP contribution in [-0.2, 0) is 4.84 Å². The lowest BCUT2D eigenvalue weighted by Crippen LogP contribution is -2.39. The number of hydrogen-bond acceptors (Lipinski definition) is 4. The molecular formula is C17H34N2O3. The summed E-state index contributed by atoms with van der Waals surface area (Å²) in [7, 11) is 0. The van der Waals surface area contributed by atoms with E-state index in [1.807, 2.05) is 6.92 Å². The van der Waals surface area contributed by atoms with Gasteiger partial charge in [-0.05, 0) is 50.4 Å². The van der Waals surface area contributed by atoms with E-state index in [-0.39, 0.29) is 18.1 Å². The maximum absolute atomic E-state index is 10.2. The van der Waals surface area contributed by atoms with Crippen molar-refractivity contribution in [3.05, 3.63) is 10.1 Å². The molecule has 1 fully saturated rings. The van der Waals surface area contributed by atoms with Gasteiger partial charge in [-0.2, -0.15) is 0 Å². The van der Waals surface area contributed by atoms with Crippen LogP contribution in [0.4, 0.5) is 0 Å². The predicted molar refractivity (Wildman–Crippen MR) is 88.9 cm³/mol. The van der Waals surface area contributed by atoms with E-state index in [4.69, 9.17) is 5.73 Å². The number of nitrogens with two attached hydrogens (primary N) is 1. The molecule has 130 valence electrons. The molecule has 0 aliphatic heterocycles. The third kappa shape index (κ3) is 7.97. The molecule has 1 rings (SSSR count). The summed E-state index contributed by atoms with van der Waals surface area (Å²) in [6.45, 7) is 6.64. The van der Waals surface area contributed by atoms with Crippen LogP contribution in [0.3, 0.4) is 0 Å². The van der Waals surface area contributed by atoms with Crippen molar-refractivity contribution in [2.75, 3.05) is 6.61 Å². The molecule has 0 aromatic carbocycles. The minimum absolute atomic E-state index is 0.107. The third-order valence-electron chi connectivity index (χ3n) is 5.13. The van der Waals surface area contributed by atoms with Gasteiger partial charge in [0.2, 0.25) is 0 Å². The van der Waals surface area contributed by atoms with Gasteiger partial charge in [0.25, 0.3) is 5.09 Å². The molecule has 1 aliphatic carbocycles. The summed E-state index contributed by atoms with van der Waals surface area (Å²) in [6, 6.07) is 0. The average Bonchev–Trinajstić information content (AvgIpc) is 2.44. The van der Waals surface area contributed by atoms with Crippen LogP contribution in [0.2, 0.25) is 0 Å². The van der Waals surface area contributed by atoms with Gasteiger partial charge in [0.1, 0.15) is 0 Å². The summed E-state index contributed by atoms with van der Waals surface area (Å²) in [5.74, 6) is 1.89. The standard InChI is InChI=1S/C17H34N2O3/c1-4-15-8-5-9-16(11-15)12-17(3,18)10-6-7-14(2)13-22-19(20)21/h14-16H,4-13,18H2,1-3H3. The molecule has 22 heavy (non-hydrogen) atoms. The van der Waals surface area contributed by atoms with Crippen LogP contribution in [0.1, 0.15) is 78.6 Å². The molecule has 0 heterocycles. The second-order valence-electron chi connectivity index (χ2n) is 7.68. The fourth-order valence-corrected chi connectivity index (χ4v) is 3.85. The largest absolute Gasteiger partial charge is 0.325 e. The Morgan fingerprint density at radius 3 is 2.73 bits per heavy atom. The molecule has 0 saturated heterocycles. The smallest absolute Gasteiger partial charge is 0.294 e. The van der Waals surface area contributed by atoms with Crippen molar-refractivity contribution in [1.82, 2.24) is 0 Å². The molecule has 0 amide bonds. The summed E-state index contributed by atoms with van der Waals surface area (Å²) in [4.78, 5) is 14.6. The second kappa shape index (κ2) is 9.33. The van der Waals surface area contributed by atoms with Gasteiger partial charge >= 0.3 is 0 Å². The fraction of sp³-hybridized carbons (Fsp3) is 1.00. The van der Waals surface area contributed by atoms with Crippen LogP contribution in [0.25, 0.3) is 0 Å². The minimum atomic E-state index is -0.712. The maximum Gasteiger partial charge on any atom is 0.294 e. The molecular weight excluding hydrogens is 280 g/mol.